The van der Waals surface area contributed by atoms with Crippen LogP contribution in [-0.2, 0) is 16.6 Å². The molecule has 0 spiro atoms. The lowest BCUT2D eigenvalue weighted by Crippen LogP contribution is -2.22. The van der Waals surface area contributed by atoms with E-state index in [0.717, 1.165) is 5.69 Å². The van der Waals surface area contributed by atoms with Crippen molar-refractivity contribution >= 4 is 28.6 Å². The number of aryl methyl sites for hydroxylation is 2. The largest absolute Gasteiger partial charge is 0.452 e. The topological polar surface area (TPSA) is 86.1 Å². The molecule has 0 fully saturated rings. The Bertz CT molecular complexity index is 1280. The van der Waals surface area contributed by atoms with Crippen LogP contribution in [0.15, 0.2) is 60.7 Å². The Morgan fingerprint density at radius 2 is 1.84 bits per heavy atom. The average Bonchev–Trinajstić information content (AvgIpc) is 3.08. The molecule has 0 atom stereocenters. The van der Waals surface area contributed by atoms with Crippen LogP contribution in [0.1, 0.15) is 16.1 Å². The van der Waals surface area contributed by atoms with Crippen LogP contribution in [-0.4, -0.2) is 33.2 Å². The molecule has 8 heteroatoms. The molecule has 7 nitrogen and oxygen atoms in total. The van der Waals surface area contributed by atoms with Gasteiger partial charge in [-0.15, -0.1) is 0 Å². The number of carbonyl (C=O) groups is 2. The Morgan fingerprint density at radius 3 is 2.55 bits per heavy atom. The quantitative estimate of drug-likeness (QED) is 0.497. The number of halogens is 1. The summed E-state index contributed by atoms with van der Waals surface area (Å²) in [6.07, 6.45) is 0. The highest BCUT2D eigenvalue weighted by Gasteiger charge is 2.17. The second-order valence-electron chi connectivity index (χ2n) is 7.00. The van der Waals surface area contributed by atoms with E-state index in [1.807, 2.05) is 13.0 Å². The van der Waals surface area contributed by atoms with E-state index in [1.54, 1.807) is 49.5 Å². The summed E-state index contributed by atoms with van der Waals surface area (Å²) >= 11 is 0. The van der Waals surface area contributed by atoms with Crippen LogP contribution in [0.25, 0.3) is 22.2 Å². The van der Waals surface area contributed by atoms with Crippen molar-refractivity contribution in [3.63, 3.8) is 0 Å². The molecule has 156 valence electrons. The molecule has 1 amide bonds. The summed E-state index contributed by atoms with van der Waals surface area (Å²) in [4.78, 5) is 29.6. The summed E-state index contributed by atoms with van der Waals surface area (Å²) in [5, 5.41) is 7.40. The predicted octanol–water partition coefficient (Wildman–Crippen LogP) is 3.88. The lowest BCUT2D eigenvalue weighted by molar-refractivity contribution is -0.119. The lowest BCUT2D eigenvalue weighted by Gasteiger charge is -2.10. The van der Waals surface area contributed by atoms with Gasteiger partial charge in [0.15, 0.2) is 6.61 Å². The average molecular weight is 418 g/mol. The first-order valence-corrected chi connectivity index (χ1v) is 9.54. The summed E-state index contributed by atoms with van der Waals surface area (Å²) in [5.41, 5.74) is 2.78. The number of nitrogens with one attached hydrogen (secondary N) is 1. The fraction of sp³-hybridized carbons (Fsp3) is 0.130. The van der Waals surface area contributed by atoms with Gasteiger partial charge in [-0.1, -0.05) is 18.2 Å². The molecule has 2 heterocycles. The van der Waals surface area contributed by atoms with Gasteiger partial charge >= 0.3 is 5.97 Å². The highest BCUT2D eigenvalue weighted by Crippen LogP contribution is 2.25. The minimum absolute atomic E-state index is 0.272. The van der Waals surface area contributed by atoms with Gasteiger partial charge in [-0.3, -0.25) is 9.48 Å². The van der Waals surface area contributed by atoms with Gasteiger partial charge in [-0.05, 0) is 43.3 Å². The van der Waals surface area contributed by atoms with Crippen LogP contribution >= 0.6 is 0 Å². The van der Waals surface area contributed by atoms with Crippen molar-refractivity contribution in [3.8, 4) is 11.3 Å². The van der Waals surface area contributed by atoms with Crippen LogP contribution in [0.2, 0.25) is 0 Å². The Hall–Kier alpha value is -4.07. The van der Waals surface area contributed by atoms with E-state index < -0.39 is 18.5 Å². The monoisotopic (exact) mass is 418 g/mol. The van der Waals surface area contributed by atoms with Gasteiger partial charge in [0.1, 0.15) is 11.6 Å². The van der Waals surface area contributed by atoms with E-state index in [2.05, 4.69) is 15.4 Å². The third-order valence-electron chi connectivity index (χ3n) is 4.68. The molecular formula is C23H19FN4O3. The van der Waals surface area contributed by atoms with Gasteiger partial charge in [-0.25, -0.2) is 14.2 Å². The van der Waals surface area contributed by atoms with Crippen molar-refractivity contribution in [2.75, 3.05) is 11.9 Å². The van der Waals surface area contributed by atoms with Crippen molar-refractivity contribution in [2.24, 2.45) is 7.05 Å². The molecule has 0 aliphatic rings. The normalized spacial score (nSPS) is 10.8. The number of para-hydroxylation sites is 1. The Kier molecular flexibility index (Phi) is 5.44. The summed E-state index contributed by atoms with van der Waals surface area (Å²) in [7, 11) is 1.70. The molecule has 4 rings (SSSR count). The van der Waals surface area contributed by atoms with Crippen LogP contribution in [0.4, 0.5) is 10.2 Å². The van der Waals surface area contributed by atoms with Crippen molar-refractivity contribution in [2.45, 2.75) is 6.92 Å². The zero-order valence-corrected chi connectivity index (χ0v) is 16.9. The summed E-state index contributed by atoms with van der Waals surface area (Å²) < 4.78 is 20.1. The minimum Gasteiger partial charge on any atom is -0.452 e. The predicted molar refractivity (Wildman–Crippen MR) is 114 cm³/mol. The first kappa shape index (κ1) is 20.2. The molecule has 0 saturated heterocycles. The number of pyridine rings is 1. The highest BCUT2D eigenvalue weighted by atomic mass is 19.1. The molecule has 0 radical (unpaired) electrons. The van der Waals surface area contributed by atoms with Crippen molar-refractivity contribution < 1.29 is 18.7 Å². The standard InChI is InChI=1S/C23H19FN4O3/c1-14-11-21(28(2)27-14)26-22(29)13-31-23(30)18-12-20(15-7-9-16(24)10-8-15)25-19-6-4-3-5-17(18)19/h3-12H,13H2,1-2H3,(H,26,29). The first-order valence-electron chi connectivity index (χ1n) is 9.54. The van der Waals surface area contributed by atoms with Crippen LogP contribution in [0.5, 0.6) is 0 Å². The zero-order chi connectivity index (χ0) is 22.0. The third kappa shape index (κ3) is 4.42. The summed E-state index contributed by atoms with van der Waals surface area (Å²) in [5.74, 6) is -0.989. The van der Waals surface area contributed by atoms with Crippen molar-refractivity contribution in [1.82, 2.24) is 14.8 Å². The van der Waals surface area contributed by atoms with Gasteiger partial charge in [0.25, 0.3) is 5.91 Å². The molecule has 2 aromatic heterocycles. The number of aromatic nitrogens is 3. The van der Waals surface area contributed by atoms with Crippen LogP contribution < -0.4 is 5.32 Å². The van der Waals surface area contributed by atoms with Gasteiger partial charge in [-0.2, -0.15) is 5.10 Å². The van der Waals surface area contributed by atoms with Gasteiger partial charge in [0.05, 0.1) is 22.5 Å². The molecule has 0 aliphatic heterocycles. The van der Waals surface area contributed by atoms with Crippen molar-refractivity contribution in [1.29, 1.82) is 0 Å². The maximum absolute atomic E-state index is 13.3. The fourth-order valence-electron chi connectivity index (χ4n) is 3.23. The van der Waals surface area contributed by atoms with Crippen LogP contribution in [0.3, 0.4) is 0 Å². The molecule has 4 aromatic rings. The van der Waals surface area contributed by atoms with E-state index in [9.17, 15) is 14.0 Å². The number of hydrogen-bond donors (Lipinski definition) is 1. The van der Waals surface area contributed by atoms with E-state index in [4.69, 9.17) is 4.74 Å². The molecule has 0 bridgehead atoms. The van der Waals surface area contributed by atoms with Gasteiger partial charge < -0.3 is 10.1 Å². The molecular weight excluding hydrogens is 399 g/mol. The van der Waals surface area contributed by atoms with E-state index in [1.165, 1.54) is 16.8 Å². The number of rotatable bonds is 5. The number of hydrogen-bond acceptors (Lipinski definition) is 5. The Morgan fingerprint density at radius 1 is 1.10 bits per heavy atom. The number of carbonyl (C=O) groups excluding carboxylic acids is 2. The minimum atomic E-state index is -0.654. The molecule has 31 heavy (non-hydrogen) atoms. The second-order valence-corrected chi connectivity index (χ2v) is 7.00. The second kappa shape index (κ2) is 8.35. The Balaban J connectivity index is 1.57. The third-order valence-corrected chi connectivity index (χ3v) is 4.68. The molecule has 0 saturated carbocycles. The number of amides is 1. The Labute approximate surface area is 177 Å². The summed E-state index contributed by atoms with van der Waals surface area (Å²) in [6.45, 7) is 1.36. The van der Waals surface area contributed by atoms with Crippen molar-refractivity contribution in [3.05, 3.63) is 77.7 Å². The van der Waals surface area contributed by atoms with Crippen LogP contribution in [0, 0.1) is 12.7 Å². The molecule has 0 unspecified atom stereocenters. The number of fused-ring (bicyclic) bond motifs is 1. The highest BCUT2D eigenvalue weighted by molar-refractivity contribution is 6.05. The van der Waals surface area contributed by atoms with E-state index in [-0.39, 0.29) is 11.4 Å². The lowest BCUT2D eigenvalue weighted by atomic mass is 10.0. The summed E-state index contributed by atoms with van der Waals surface area (Å²) in [6, 6.07) is 16.3. The van der Waals surface area contributed by atoms with E-state index in [0.29, 0.717) is 28.0 Å². The molecule has 0 aliphatic carbocycles. The zero-order valence-electron chi connectivity index (χ0n) is 16.9. The number of anilines is 1. The van der Waals surface area contributed by atoms with Gasteiger partial charge in [0.2, 0.25) is 0 Å². The smallest absolute Gasteiger partial charge is 0.339 e. The maximum atomic E-state index is 13.3. The molecule has 1 N–H and O–H groups in total. The number of esters is 1. The molecule has 2 aromatic carbocycles. The fourth-order valence-corrected chi connectivity index (χ4v) is 3.23. The number of benzene rings is 2. The van der Waals surface area contributed by atoms with Gasteiger partial charge in [0, 0.05) is 24.1 Å². The number of ether oxygens (including phenoxy) is 1. The first-order chi connectivity index (χ1) is 14.9. The van der Waals surface area contributed by atoms with E-state index >= 15 is 0 Å². The maximum Gasteiger partial charge on any atom is 0.339 e. The SMILES string of the molecule is Cc1cc(NC(=O)COC(=O)c2cc(-c3ccc(F)cc3)nc3ccccc23)n(C)n1. The number of nitrogens with zero attached hydrogens (tertiary/aromatic N) is 3.